The van der Waals surface area contributed by atoms with Crippen molar-refractivity contribution in [1.29, 1.82) is 0 Å². The highest BCUT2D eigenvalue weighted by Gasteiger charge is 2.43. The van der Waals surface area contributed by atoms with Gasteiger partial charge in [-0.1, -0.05) is 0 Å². The SMILES string of the molecule is COC(=O)c1ccc(CN2C[C@H]3C[C@@H](N4CCOCC4)[C@H](O)C[C@H]3C2)o1. The quantitative estimate of drug-likeness (QED) is 0.798. The Labute approximate surface area is 153 Å². The number of esters is 1. The van der Waals surface area contributed by atoms with Crippen molar-refractivity contribution in [2.24, 2.45) is 11.8 Å². The number of hydrogen-bond acceptors (Lipinski definition) is 7. The molecule has 0 bridgehead atoms. The van der Waals surface area contributed by atoms with Crippen molar-refractivity contribution < 1.29 is 23.8 Å². The second-order valence-corrected chi connectivity index (χ2v) is 7.73. The highest BCUT2D eigenvalue weighted by molar-refractivity contribution is 5.86. The van der Waals surface area contributed by atoms with E-state index in [9.17, 15) is 9.90 Å². The van der Waals surface area contributed by atoms with Crippen molar-refractivity contribution in [3.63, 3.8) is 0 Å². The van der Waals surface area contributed by atoms with Crippen LogP contribution >= 0.6 is 0 Å². The van der Waals surface area contributed by atoms with Crippen LogP contribution in [-0.2, 0) is 16.0 Å². The van der Waals surface area contributed by atoms with Crippen molar-refractivity contribution in [3.05, 3.63) is 23.7 Å². The summed E-state index contributed by atoms with van der Waals surface area (Å²) in [4.78, 5) is 16.3. The third kappa shape index (κ3) is 3.67. The minimum absolute atomic E-state index is 0.246. The topological polar surface area (TPSA) is 75.4 Å². The Morgan fingerprint density at radius 2 is 1.96 bits per heavy atom. The molecule has 0 unspecified atom stereocenters. The van der Waals surface area contributed by atoms with Gasteiger partial charge in [-0.15, -0.1) is 0 Å². The minimum atomic E-state index is -0.442. The Bertz CT molecular complexity index is 627. The number of carbonyl (C=O) groups is 1. The summed E-state index contributed by atoms with van der Waals surface area (Å²) in [6.45, 7) is 6.08. The lowest BCUT2D eigenvalue weighted by Gasteiger charge is -2.43. The van der Waals surface area contributed by atoms with Gasteiger partial charge in [-0.3, -0.25) is 9.80 Å². The van der Waals surface area contributed by atoms with Crippen molar-refractivity contribution in [2.45, 2.75) is 31.5 Å². The smallest absolute Gasteiger partial charge is 0.373 e. The number of aliphatic hydroxyl groups excluding tert-OH is 1. The van der Waals surface area contributed by atoms with E-state index in [-0.39, 0.29) is 17.9 Å². The molecular weight excluding hydrogens is 336 g/mol. The lowest BCUT2D eigenvalue weighted by atomic mass is 9.77. The van der Waals surface area contributed by atoms with Crippen molar-refractivity contribution in [2.75, 3.05) is 46.5 Å². The molecule has 2 saturated heterocycles. The van der Waals surface area contributed by atoms with E-state index in [0.29, 0.717) is 18.4 Å². The van der Waals surface area contributed by atoms with Gasteiger partial charge in [0.2, 0.25) is 5.76 Å². The van der Waals surface area contributed by atoms with Crippen LogP contribution in [0.2, 0.25) is 0 Å². The molecule has 0 aromatic carbocycles. The van der Waals surface area contributed by atoms with Gasteiger partial charge in [-0.2, -0.15) is 0 Å². The molecule has 1 aliphatic carbocycles. The van der Waals surface area contributed by atoms with Gasteiger partial charge in [-0.05, 0) is 36.8 Å². The average Bonchev–Trinajstić information content (AvgIpc) is 3.27. The molecule has 26 heavy (non-hydrogen) atoms. The summed E-state index contributed by atoms with van der Waals surface area (Å²) < 4.78 is 15.7. The number of rotatable bonds is 4. The fourth-order valence-corrected chi connectivity index (χ4v) is 4.83. The summed E-state index contributed by atoms with van der Waals surface area (Å²) in [5.41, 5.74) is 0. The summed E-state index contributed by atoms with van der Waals surface area (Å²) in [6, 6.07) is 3.77. The Kier molecular flexibility index (Phi) is 5.31. The summed E-state index contributed by atoms with van der Waals surface area (Å²) in [7, 11) is 1.35. The first kappa shape index (κ1) is 18.0. The fraction of sp³-hybridized carbons (Fsp3) is 0.737. The highest BCUT2D eigenvalue weighted by Crippen LogP contribution is 2.39. The van der Waals surface area contributed by atoms with Gasteiger partial charge in [0.15, 0.2) is 0 Å². The molecule has 2 aliphatic heterocycles. The summed E-state index contributed by atoms with van der Waals surface area (Å²) in [6.07, 6.45) is 1.67. The molecule has 4 rings (SSSR count). The zero-order chi connectivity index (χ0) is 18.1. The zero-order valence-electron chi connectivity index (χ0n) is 15.3. The molecule has 0 radical (unpaired) electrons. The van der Waals surface area contributed by atoms with Crippen LogP contribution in [-0.4, -0.2) is 79.5 Å². The molecule has 1 N–H and O–H groups in total. The van der Waals surface area contributed by atoms with E-state index in [0.717, 1.165) is 58.0 Å². The summed E-state index contributed by atoms with van der Waals surface area (Å²) in [5, 5.41) is 10.7. The van der Waals surface area contributed by atoms with E-state index in [1.54, 1.807) is 6.07 Å². The summed E-state index contributed by atoms with van der Waals surface area (Å²) >= 11 is 0. The molecule has 3 heterocycles. The predicted octanol–water partition coefficient (Wildman–Crippen LogP) is 0.970. The van der Waals surface area contributed by atoms with E-state index in [1.807, 2.05) is 6.07 Å². The second kappa shape index (κ2) is 7.68. The van der Waals surface area contributed by atoms with Crippen LogP contribution in [0.1, 0.15) is 29.2 Å². The predicted molar refractivity (Wildman–Crippen MR) is 93.7 cm³/mol. The molecule has 3 fully saturated rings. The van der Waals surface area contributed by atoms with Gasteiger partial charge in [0.1, 0.15) is 5.76 Å². The maximum atomic E-state index is 11.5. The fourth-order valence-electron chi connectivity index (χ4n) is 4.83. The molecule has 4 atom stereocenters. The van der Waals surface area contributed by atoms with E-state index < -0.39 is 5.97 Å². The molecular formula is C19H28N2O5. The van der Waals surface area contributed by atoms with Crippen LogP contribution in [0, 0.1) is 11.8 Å². The van der Waals surface area contributed by atoms with Gasteiger partial charge in [-0.25, -0.2) is 4.79 Å². The number of fused-ring (bicyclic) bond motifs is 1. The maximum Gasteiger partial charge on any atom is 0.373 e. The monoisotopic (exact) mass is 364 g/mol. The summed E-state index contributed by atoms with van der Waals surface area (Å²) in [5.74, 6) is 1.75. The molecule has 1 aromatic heterocycles. The number of carbonyl (C=O) groups excluding carboxylic acids is 1. The van der Waals surface area contributed by atoms with Gasteiger partial charge >= 0.3 is 5.97 Å². The molecule has 7 nitrogen and oxygen atoms in total. The highest BCUT2D eigenvalue weighted by atomic mass is 16.5. The van der Waals surface area contributed by atoms with E-state index >= 15 is 0 Å². The number of nitrogens with zero attached hydrogens (tertiary/aromatic N) is 2. The molecule has 144 valence electrons. The lowest BCUT2D eigenvalue weighted by Crippen LogP contribution is -2.53. The number of methoxy groups -OCH3 is 1. The van der Waals surface area contributed by atoms with Gasteiger partial charge in [0.25, 0.3) is 0 Å². The van der Waals surface area contributed by atoms with Crippen LogP contribution in [0.25, 0.3) is 0 Å². The van der Waals surface area contributed by atoms with Crippen molar-refractivity contribution in [1.82, 2.24) is 9.80 Å². The lowest BCUT2D eigenvalue weighted by molar-refractivity contribution is -0.0520. The van der Waals surface area contributed by atoms with E-state index in [4.69, 9.17) is 13.9 Å². The maximum absolute atomic E-state index is 11.5. The third-order valence-electron chi connectivity index (χ3n) is 6.13. The number of hydrogen-bond donors (Lipinski definition) is 1. The van der Waals surface area contributed by atoms with Crippen LogP contribution in [0.3, 0.4) is 0 Å². The number of furan rings is 1. The molecule has 0 spiro atoms. The van der Waals surface area contributed by atoms with Crippen LogP contribution in [0.15, 0.2) is 16.5 Å². The Morgan fingerprint density at radius 1 is 1.23 bits per heavy atom. The Balaban J connectivity index is 1.35. The Morgan fingerprint density at radius 3 is 2.69 bits per heavy atom. The number of aliphatic hydroxyl groups is 1. The minimum Gasteiger partial charge on any atom is -0.463 e. The molecule has 1 aromatic rings. The first-order valence-corrected chi connectivity index (χ1v) is 9.53. The largest absolute Gasteiger partial charge is 0.463 e. The Hall–Kier alpha value is -1.41. The van der Waals surface area contributed by atoms with Crippen molar-refractivity contribution in [3.8, 4) is 0 Å². The number of morpholine rings is 1. The average molecular weight is 364 g/mol. The number of likely N-dealkylation sites (tertiary alicyclic amines) is 1. The van der Waals surface area contributed by atoms with Crippen LogP contribution in [0.4, 0.5) is 0 Å². The zero-order valence-corrected chi connectivity index (χ0v) is 15.3. The van der Waals surface area contributed by atoms with Crippen molar-refractivity contribution >= 4 is 5.97 Å². The molecule has 3 aliphatic rings. The molecule has 0 amide bonds. The van der Waals surface area contributed by atoms with Gasteiger partial charge in [0, 0.05) is 32.2 Å². The van der Waals surface area contributed by atoms with Gasteiger partial charge in [0.05, 0.1) is 33.0 Å². The third-order valence-corrected chi connectivity index (χ3v) is 6.13. The molecule has 7 heteroatoms. The van der Waals surface area contributed by atoms with Gasteiger partial charge < -0.3 is 19.0 Å². The van der Waals surface area contributed by atoms with Crippen LogP contribution < -0.4 is 0 Å². The molecule has 1 saturated carbocycles. The van der Waals surface area contributed by atoms with E-state index in [1.165, 1.54) is 7.11 Å². The van der Waals surface area contributed by atoms with E-state index in [2.05, 4.69) is 9.80 Å². The standard InChI is InChI=1S/C19H28N2O5/c1-24-19(23)18-3-2-15(26-18)12-20-10-13-8-16(17(22)9-14(13)11-20)21-4-6-25-7-5-21/h2-3,13-14,16-17,22H,4-12H2,1H3/t13-,14+,16-,17-/m1/s1. The number of ether oxygens (including phenoxy) is 2. The first-order valence-electron chi connectivity index (χ1n) is 9.53. The normalized spacial score (nSPS) is 33.2. The first-order chi connectivity index (χ1) is 12.6. The second-order valence-electron chi connectivity index (χ2n) is 7.73. The van der Waals surface area contributed by atoms with Crippen LogP contribution in [0.5, 0.6) is 0 Å².